The zero-order valence-electron chi connectivity index (χ0n) is 13.1. The number of hydrogen-bond donors (Lipinski definition) is 1. The van der Waals surface area contributed by atoms with Gasteiger partial charge in [0.15, 0.2) is 0 Å². The van der Waals surface area contributed by atoms with Crippen LogP contribution in [0, 0.1) is 11.3 Å². The van der Waals surface area contributed by atoms with Gasteiger partial charge in [-0.1, -0.05) is 58.0 Å². The van der Waals surface area contributed by atoms with Crippen LogP contribution in [0.5, 0.6) is 0 Å². The van der Waals surface area contributed by atoms with Crippen LogP contribution in [0.2, 0.25) is 0 Å². The van der Waals surface area contributed by atoms with E-state index in [9.17, 15) is 4.79 Å². The third-order valence-corrected chi connectivity index (χ3v) is 4.04. The van der Waals surface area contributed by atoms with E-state index in [4.69, 9.17) is 4.74 Å². The first-order chi connectivity index (χ1) is 9.42. The first-order valence-electron chi connectivity index (χ1n) is 7.36. The number of rotatable bonds is 7. The van der Waals surface area contributed by atoms with Gasteiger partial charge in [0.05, 0.1) is 0 Å². The second-order valence-electron chi connectivity index (χ2n) is 6.24. The summed E-state index contributed by atoms with van der Waals surface area (Å²) in [5, 5.41) is 2.80. The van der Waals surface area contributed by atoms with Gasteiger partial charge in [-0.15, -0.1) is 0 Å². The molecular formula is C17H27NO2. The smallest absolute Gasteiger partial charge is 0.407 e. The molecule has 0 saturated carbocycles. The highest BCUT2D eigenvalue weighted by atomic mass is 16.5. The number of benzene rings is 1. The van der Waals surface area contributed by atoms with E-state index in [2.05, 4.69) is 33.0 Å². The molecule has 3 nitrogen and oxygen atoms in total. The van der Waals surface area contributed by atoms with Gasteiger partial charge in [0.25, 0.3) is 0 Å². The number of hydrogen-bond acceptors (Lipinski definition) is 2. The molecule has 20 heavy (non-hydrogen) atoms. The standard InChI is InChI=1S/C17H27NO2/c1-14(2)17(3,4)11-8-12-18-16(19)20-13-15-9-6-5-7-10-15/h5-7,9-10,14H,8,11-13H2,1-4H3,(H,18,19). The summed E-state index contributed by atoms with van der Waals surface area (Å²) in [6.45, 7) is 10.0. The topological polar surface area (TPSA) is 38.3 Å². The summed E-state index contributed by atoms with van der Waals surface area (Å²) in [5.74, 6) is 0.646. The van der Waals surface area contributed by atoms with Crippen LogP contribution in [0.4, 0.5) is 4.79 Å². The van der Waals surface area contributed by atoms with Crippen LogP contribution >= 0.6 is 0 Å². The van der Waals surface area contributed by atoms with Crippen LogP contribution in [-0.4, -0.2) is 12.6 Å². The van der Waals surface area contributed by atoms with Gasteiger partial charge < -0.3 is 10.1 Å². The van der Waals surface area contributed by atoms with Crippen molar-refractivity contribution in [1.29, 1.82) is 0 Å². The minimum atomic E-state index is -0.337. The monoisotopic (exact) mass is 277 g/mol. The molecule has 0 heterocycles. The molecule has 0 aliphatic carbocycles. The maximum atomic E-state index is 11.5. The van der Waals surface area contributed by atoms with Crippen molar-refractivity contribution in [2.75, 3.05) is 6.54 Å². The fourth-order valence-corrected chi connectivity index (χ4v) is 1.80. The third-order valence-electron chi connectivity index (χ3n) is 4.04. The molecule has 0 spiro atoms. The lowest BCUT2D eigenvalue weighted by atomic mass is 9.77. The predicted molar refractivity (Wildman–Crippen MR) is 82.5 cm³/mol. The van der Waals surface area contributed by atoms with Gasteiger partial charge in [-0.05, 0) is 29.7 Å². The Bertz CT molecular complexity index is 399. The molecule has 0 saturated heterocycles. The number of amides is 1. The Kier molecular flexibility index (Phi) is 6.56. The van der Waals surface area contributed by atoms with Crippen molar-refractivity contribution in [2.24, 2.45) is 11.3 Å². The molecule has 0 aliphatic heterocycles. The van der Waals surface area contributed by atoms with Crippen molar-refractivity contribution in [3.63, 3.8) is 0 Å². The van der Waals surface area contributed by atoms with E-state index in [1.807, 2.05) is 30.3 Å². The SMILES string of the molecule is CC(C)C(C)(C)CCCNC(=O)OCc1ccccc1. The van der Waals surface area contributed by atoms with E-state index in [1.54, 1.807) is 0 Å². The molecule has 1 rings (SSSR count). The molecule has 3 heteroatoms. The summed E-state index contributed by atoms with van der Waals surface area (Å²) in [5.41, 5.74) is 1.32. The van der Waals surface area contributed by atoms with Crippen molar-refractivity contribution in [2.45, 2.75) is 47.1 Å². The van der Waals surface area contributed by atoms with E-state index in [0.717, 1.165) is 18.4 Å². The van der Waals surface area contributed by atoms with E-state index in [1.165, 1.54) is 0 Å². The van der Waals surface area contributed by atoms with Gasteiger partial charge in [0, 0.05) is 6.54 Å². The van der Waals surface area contributed by atoms with Gasteiger partial charge in [0.2, 0.25) is 0 Å². The lowest BCUT2D eigenvalue weighted by Gasteiger charge is -2.29. The average molecular weight is 277 g/mol. The molecule has 112 valence electrons. The molecule has 0 aromatic heterocycles. The molecule has 0 radical (unpaired) electrons. The summed E-state index contributed by atoms with van der Waals surface area (Å²) < 4.78 is 5.16. The highest BCUT2D eigenvalue weighted by Gasteiger charge is 2.21. The highest BCUT2D eigenvalue weighted by molar-refractivity contribution is 5.67. The first kappa shape index (κ1) is 16.5. The third kappa shape index (κ3) is 6.09. The Labute approximate surface area is 122 Å². The Morgan fingerprint density at radius 2 is 1.90 bits per heavy atom. The molecule has 0 atom stereocenters. The van der Waals surface area contributed by atoms with Crippen molar-refractivity contribution < 1.29 is 9.53 Å². The molecule has 1 amide bonds. The Morgan fingerprint density at radius 1 is 1.25 bits per heavy atom. The molecule has 1 N–H and O–H groups in total. The van der Waals surface area contributed by atoms with E-state index < -0.39 is 0 Å². The van der Waals surface area contributed by atoms with Gasteiger partial charge in [-0.25, -0.2) is 4.79 Å². The molecule has 0 fully saturated rings. The Morgan fingerprint density at radius 3 is 2.50 bits per heavy atom. The lowest BCUT2D eigenvalue weighted by Crippen LogP contribution is -2.27. The minimum absolute atomic E-state index is 0.315. The number of alkyl carbamates (subject to hydrolysis) is 1. The maximum absolute atomic E-state index is 11.5. The quantitative estimate of drug-likeness (QED) is 0.751. The van der Waals surface area contributed by atoms with E-state index in [0.29, 0.717) is 24.5 Å². The van der Waals surface area contributed by atoms with Crippen LogP contribution in [-0.2, 0) is 11.3 Å². The van der Waals surface area contributed by atoms with Crippen molar-refractivity contribution >= 4 is 6.09 Å². The summed E-state index contributed by atoms with van der Waals surface area (Å²) in [7, 11) is 0. The predicted octanol–water partition coefficient (Wildman–Crippen LogP) is 4.38. The lowest BCUT2D eigenvalue weighted by molar-refractivity contribution is 0.138. The van der Waals surface area contributed by atoms with Gasteiger partial charge in [-0.3, -0.25) is 0 Å². The van der Waals surface area contributed by atoms with Crippen molar-refractivity contribution in [3.05, 3.63) is 35.9 Å². The average Bonchev–Trinajstić information content (AvgIpc) is 2.42. The van der Waals surface area contributed by atoms with Gasteiger partial charge in [-0.2, -0.15) is 0 Å². The zero-order valence-corrected chi connectivity index (χ0v) is 13.1. The second kappa shape index (κ2) is 7.93. The molecule has 0 bridgehead atoms. The summed E-state index contributed by atoms with van der Waals surface area (Å²) >= 11 is 0. The molecule has 1 aromatic rings. The molecule has 0 aliphatic rings. The Hall–Kier alpha value is -1.51. The number of ether oxygens (including phenoxy) is 1. The first-order valence-corrected chi connectivity index (χ1v) is 7.36. The van der Waals surface area contributed by atoms with E-state index >= 15 is 0 Å². The number of carbonyl (C=O) groups is 1. The van der Waals surface area contributed by atoms with Crippen LogP contribution in [0.25, 0.3) is 0 Å². The number of nitrogens with one attached hydrogen (secondary N) is 1. The van der Waals surface area contributed by atoms with Crippen LogP contribution in [0.3, 0.4) is 0 Å². The second-order valence-corrected chi connectivity index (χ2v) is 6.24. The van der Waals surface area contributed by atoms with E-state index in [-0.39, 0.29) is 6.09 Å². The molecule has 0 unspecified atom stereocenters. The summed E-state index contributed by atoms with van der Waals surface area (Å²) in [6.07, 6.45) is 1.74. The normalized spacial score (nSPS) is 11.4. The van der Waals surface area contributed by atoms with Crippen LogP contribution in [0.1, 0.15) is 46.1 Å². The van der Waals surface area contributed by atoms with Gasteiger partial charge >= 0.3 is 6.09 Å². The zero-order chi connectivity index (χ0) is 15.0. The molecular weight excluding hydrogens is 250 g/mol. The van der Waals surface area contributed by atoms with Crippen molar-refractivity contribution in [3.8, 4) is 0 Å². The Balaban J connectivity index is 2.15. The fraction of sp³-hybridized carbons (Fsp3) is 0.588. The fourth-order valence-electron chi connectivity index (χ4n) is 1.80. The van der Waals surface area contributed by atoms with Crippen molar-refractivity contribution in [1.82, 2.24) is 5.32 Å². The highest BCUT2D eigenvalue weighted by Crippen LogP contribution is 2.30. The van der Waals surface area contributed by atoms with Crippen LogP contribution < -0.4 is 5.32 Å². The largest absolute Gasteiger partial charge is 0.445 e. The summed E-state index contributed by atoms with van der Waals surface area (Å²) in [4.78, 5) is 11.5. The van der Waals surface area contributed by atoms with Crippen LogP contribution in [0.15, 0.2) is 30.3 Å². The van der Waals surface area contributed by atoms with Gasteiger partial charge in [0.1, 0.15) is 6.61 Å². The molecule has 1 aromatic carbocycles. The minimum Gasteiger partial charge on any atom is -0.445 e. The summed E-state index contributed by atoms with van der Waals surface area (Å²) in [6, 6.07) is 9.70. The number of carbonyl (C=O) groups excluding carboxylic acids is 1. The maximum Gasteiger partial charge on any atom is 0.407 e.